The van der Waals surface area contributed by atoms with E-state index in [-0.39, 0.29) is 41.4 Å². The molecule has 2 atom stereocenters. The number of alkyl halides is 6. The number of nitrogens with one attached hydrogen (secondary N) is 3. The van der Waals surface area contributed by atoms with Crippen molar-refractivity contribution in [3.8, 4) is 17.6 Å². The van der Waals surface area contributed by atoms with Crippen LogP contribution in [0.25, 0.3) is 5.65 Å². The molecule has 4 rings (SSSR count). The maximum atomic E-state index is 14.6. The van der Waals surface area contributed by atoms with Crippen LogP contribution in [0.4, 0.5) is 37.7 Å². The van der Waals surface area contributed by atoms with Gasteiger partial charge in [0.1, 0.15) is 17.6 Å². The lowest BCUT2D eigenvalue weighted by atomic mass is 10.0. The molecule has 0 radical (unpaired) electrons. The molecular formula is C27H28F6N6O2. The third-order valence-electron chi connectivity index (χ3n) is 6.46. The van der Waals surface area contributed by atoms with Crippen molar-refractivity contribution in [2.24, 2.45) is 0 Å². The van der Waals surface area contributed by atoms with Crippen LogP contribution in [0, 0.1) is 11.8 Å². The Morgan fingerprint density at radius 3 is 2.73 bits per heavy atom. The van der Waals surface area contributed by atoms with Crippen molar-refractivity contribution in [1.82, 2.24) is 19.6 Å². The van der Waals surface area contributed by atoms with Crippen LogP contribution in [0.2, 0.25) is 0 Å². The van der Waals surface area contributed by atoms with E-state index in [4.69, 9.17) is 0 Å². The number of amides is 1. The van der Waals surface area contributed by atoms with E-state index in [2.05, 4.69) is 37.5 Å². The zero-order chi connectivity index (χ0) is 29.7. The fourth-order valence-corrected chi connectivity index (χ4v) is 4.53. The molecule has 2 aromatic heterocycles. The van der Waals surface area contributed by atoms with Crippen LogP contribution in [-0.4, -0.2) is 78.9 Å². The minimum absolute atomic E-state index is 0.0863. The maximum Gasteiger partial charge on any atom is 0.394 e. The number of halogens is 6. The van der Waals surface area contributed by atoms with Gasteiger partial charge in [0.2, 0.25) is 0 Å². The van der Waals surface area contributed by atoms with Crippen LogP contribution < -0.4 is 20.7 Å². The monoisotopic (exact) mass is 582 g/mol. The van der Waals surface area contributed by atoms with E-state index in [1.165, 1.54) is 35.8 Å². The molecule has 3 N–H and O–H groups in total. The Hall–Kier alpha value is -4.12. The highest BCUT2D eigenvalue weighted by Gasteiger charge is 2.32. The maximum absolute atomic E-state index is 14.6. The lowest BCUT2D eigenvalue weighted by molar-refractivity contribution is -0.128. The van der Waals surface area contributed by atoms with E-state index in [9.17, 15) is 31.1 Å². The lowest BCUT2D eigenvalue weighted by Gasteiger charge is -2.33. The average Bonchev–Trinajstić information content (AvgIpc) is 3.24. The summed E-state index contributed by atoms with van der Waals surface area (Å²) in [5.41, 5.74) is 0.491. The van der Waals surface area contributed by atoms with Crippen molar-refractivity contribution in [2.45, 2.75) is 37.8 Å². The fraction of sp³-hybridized carbons (Fsp3) is 0.407. The van der Waals surface area contributed by atoms with Crippen molar-refractivity contribution in [1.29, 1.82) is 0 Å². The Morgan fingerprint density at radius 1 is 1.27 bits per heavy atom. The van der Waals surface area contributed by atoms with Crippen molar-refractivity contribution < 1.29 is 35.9 Å². The first-order valence-corrected chi connectivity index (χ1v) is 12.6. The summed E-state index contributed by atoms with van der Waals surface area (Å²) in [7, 11) is 3.16. The summed E-state index contributed by atoms with van der Waals surface area (Å²) < 4.78 is 86.4. The van der Waals surface area contributed by atoms with Gasteiger partial charge in [-0.05, 0) is 43.7 Å². The van der Waals surface area contributed by atoms with E-state index in [0.29, 0.717) is 24.3 Å². The second kappa shape index (κ2) is 12.6. The number of imidazole rings is 1. The number of aromatic nitrogens is 2. The molecule has 3 aromatic rings. The number of rotatable bonds is 8. The first-order chi connectivity index (χ1) is 19.4. The van der Waals surface area contributed by atoms with Gasteiger partial charge in [-0.2, -0.15) is 22.0 Å². The highest BCUT2D eigenvalue weighted by atomic mass is 19.4. The predicted octanol–water partition coefficient (Wildman–Crippen LogP) is 4.32. The molecule has 0 saturated carbocycles. The van der Waals surface area contributed by atoms with E-state index in [0.717, 1.165) is 0 Å². The van der Waals surface area contributed by atoms with Gasteiger partial charge in [-0.25, -0.2) is 9.37 Å². The van der Waals surface area contributed by atoms with Gasteiger partial charge in [0.05, 0.1) is 36.0 Å². The number of pyridine rings is 1. The average molecular weight is 583 g/mol. The number of hydrogen-bond donors (Lipinski definition) is 3. The summed E-state index contributed by atoms with van der Waals surface area (Å²) in [6.45, 7) is -2.34. The molecule has 0 bridgehead atoms. The normalized spacial score (nSPS) is 17.7. The number of fused-ring (bicyclic) bond motifs is 1. The topological polar surface area (TPSA) is 82.9 Å². The van der Waals surface area contributed by atoms with Crippen molar-refractivity contribution in [2.75, 3.05) is 44.4 Å². The summed E-state index contributed by atoms with van der Waals surface area (Å²) in [5.74, 6) is 4.38. The fourth-order valence-electron chi connectivity index (χ4n) is 4.53. The third-order valence-corrected chi connectivity index (χ3v) is 6.46. The number of anilines is 2. The largest absolute Gasteiger partial charge is 0.434 e. The van der Waals surface area contributed by atoms with Crippen LogP contribution >= 0.6 is 0 Å². The number of ether oxygens (including phenoxy) is 1. The van der Waals surface area contributed by atoms with Crippen molar-refractivity contribution in [3.63, 3.8) is 0 Å². The SMILES string of the molecule is CNC(=O)c1ccc(NCC#Cc2nc3c(N[C@@H]4CCN(C)C[C@@H]4F)cccn3c2CC(F)(F)F)cc1OC(F)F. The van der Waals surface area contributed by atoms with Crippen LogP contribution in [0.3, 0.4) is 0 Å². The highest BCUT2D eigenvalue weighted by molar-refractivity contribution is 5.97. The molecule has 0 aliphatic carbocycles. The standard InChI is InChI=1S/C27H28F6N6O2/c1-34-25(40)17-8-7-16(13-23(17)41-26(29)30)35-10-3-5-20-22(14-27(31,32)33)39-11-4-6-21(24(39)37-20)36-19-9-12-38(2)15-18(19)28/h4,6-8,11,13,18-19,26,35-36H,9-10,12,14-15H2,1-2H3,(H,34,40)/t18-,19+/m0/s1. The molecule has 1 aromatic carbocycles. The summed E-state index contributed by atoms with van der Waals surface area (Å²) in [4.78, 5) is 18.1. The van der Waals surface area contributed by atoms with Gasteiger partial charge in [0.15, 0.2) is 5.65 Å². The molecule has 8 nitrogen and oxygen atoms in total. The summed E-state index contributed by atoms with van der Waals surface area (Å²) >= 11 is 0. The molecule has 1 aliphatic rings. The molecule has 0 spiro atoms. The first kappa shape index (κ1) is 29.9. The zero-order valence-corrected chi connectivity index (χ0v) is 22.2. The van der Waals surface area contributed by atoms with Gasteiger partial charge in [0, 0.05) is 38.1 Å². The second-order valence-electron chi connectivity index (χ2n) is 9.46. The molecule has 1 amide bonds. The number of likely N-dealkylation sites (tertiary alicyclic amines) is 1. The molecular weight excluding hydrogens is 554 g/mol. The molecule has 1 aliphatic heterocycles. The molecule has 1 saturated heterocycles. The second-order valence-corrected chi connectivity index (χ2v) is 9.46. The van der Waals surface area contributed by atoms with E-state index >= 15 is 0 Å². The summed E-state index contributed by atoms with van der Waals surface area (Å²) in [6.07, 6.45) is -5.04. The van der Waals surface area contributed by atoms with E-state index < -0.39 is 37.3 Å². The van der Waals surface area contributed by atoms with Gasteiger partial charge in [0.25, 0.3) is 5.91 Å². The van der Waals surface area contributed by atoms with Crippen LogP contribution in [0.15, 0.2) is 36.5 Å². The molecule has 0 unspecified atom stereocenters. The van der Waals surface area contributed by atoms with Crippen molar-refractivity contribution in [3.05, 3.63) is 53.5 Å². The molecule has 220 valence electrons. The number of benzene rings is 1. The summed E-state index contributed by atoms with van der Waals surface area (Å²) in [5, 5.41) is 8.27. The van der Waals surface area contributed by atoms with Gasteiger partial charge >= 0.3 is 12.8 Å². The minimum atomic E-state index is -4.54. The Bertz CT molecular complexity index is 1450. The summed E-state index contributed by atoms with van der Waals surface area (Å²) in [6, 6.07) is 6.59. The molecule has 1 fully saturated rings. The Balaban J connectivity index is 1.58. The lowest BCUT2D eigenvalue weighted by Crippen LogP contribution is -2.46. The predicted molar refractivity (Wildman–Crippen MR) is 141 cm³/mol. The Kier molecular flexibility index (Phi) is 9.17. The first-order valence-electron chi connectivity index (χ1n) is 12.6. The quantitative estimate of drug-likeness (QED) is 0.271. The van der Waals surface area contributed by atoms with Gasteiger partial charge in [-0.1, -0.05) is 5.92 Å². The van der Waals surface area contributed by atoms with E-state index in [1.54, 1.807) is 12.1 Å². The van der Waals surface area contributed by atoms with Gasteiger partial charge < -0.3 is 30.0 Å². The molecule has 14 heteroatoms. The van der Waals surface area contributed by atoms with Crippen LogP contribution in [-0.2, 0) is 6.42 Å². The number of carbonyl (C=O) groups excluding carboxylic acids is 1. The Labute approximate surface area is 232 Å². The molecule has 41 heavy (non-hydrogen) atoms. The smallest absolute Gasteiger partial charge is 0.394 e. The number of carbonyl (C=O) groups is 1. The van der Waals surface area contributed by atoms with Crippen LogP contribution in [0.1, 0.15) is 28.2 Å². The van der Waals surface area contributed by atoms with Crippen molar-refractivity contribution >= 4 is 22.9 Å². The number of nitrogens with zero attached hydrogens (tertiary/aromatic N) is 3. The van der Waals surface area contributed by atoms with Gasteiger partial charge in [-0.3, -0.25) is 4.79 Å². The van der Waals surface area contributed by atoms with Gasteiger partial charge in [-0.15, -0.1) is 0 Å². The highest BCUT2D eigenvalue weighted by Crippen LogP contribution is 2.29. The number of piperidine rings is 1. The minimum Gasteiger partial charge on any atom is -0.434 e. The van der Waals surface area contributed by atoms with Crippen LogP contribution in [0.5, 0.6) is 5.75 Å². The number of hydrogen-bond acceptors (Lipinski definition) is 6. The van der Waals surface area contributed by atoms with E-state index in [1.807, 2.05) is 11.9 Å². The molecule has 3 heterocycles. The third kappa shape index (κ3) is 7.55. The Morgan fingerprint density at radius 2 is 2.05 bits per heavy atom. The zero-order valence-electron chi connectivity index (χ0n) is 22.2.